The molecule has 0 saturated heterocycles. The number of fused-ring (bicyclic) bond motifs is 1. The Labute approximate surface area is 76.7 Å². The van der Waals surface area contributed by atoms with E-state index in [-0.39, 0.29) is 0 Å². The summed E-state index contributed by atoms with van der Waals surface area (Å²) in [5.74, 6) is 4.42. The highest BCUT2D eigenvalue weighted by Crippen LogP contribution is 2.50. The van der Waals surface area contributed by atoms with E-state index in [1.807, 2.05) is 0 Å². The van der Waals surface area contributed by atoms with Crippen molar-refractivity contribution in [3.05, 3.63) is 0 Å². The van der Waals surface area contributed by atoms with Crippen LogP contribution in [0.4, 0.5) is 0 Å². The summed E-state index contributed by atoms with van der Waals surface area (Å²) in [6, 6.07) is 0. The molecule has 0 amide bonds. The lowest BCUT2D eigenvalue weighted by atomic mass is 9.96. The van der Waals surface area contributed by atoms with Crippen LogP contribution in [-0.2, 0) is 0 Å². The van der Waals surface area contributed by atoms with Gasteiger partial charge in [-0.05, 0) is 49.4 Å². The van der Waals surface area contributed by atoms with E-state index in [1.54, 1.807) is 25.7 Å². The Morgan fingerprint density at radius 3 is 2.08 bits per heavy atom. The molecule has 2 aliphatic carbocycles. The van der Waals surface area contributed by atoms with Crippen LogP contribution in [-0.4, -0.2) is 0 Å². The molecule has 0 aromatic rings. The van der Waals surface area contributed by atoms with E-state index in [2.05, 4.69) is 13.8 Å². The average Bonchev–Trinajstić information content (AvgIpc) is 2.44. The molecule has 2 atom stereocenters. The molecule has 70 valence electrons. The largest absolute Gasteiger partial charge is 0.0654 e. The molecule has 0 heteroatoms. The van der Waals surface area contributed by atoms with Gasteiger partial charge in [-0.1, -0.05) is 26.7 Å². The Bertz CT molecular complexity index is 136. The van der Waals surface area contributed by atoms with Crippen molar-refractivity contribution in [3.8, 4) is 0 Å². The van der Waals surface area contributed by atoms with Crippen molar-refractivity contribution < 1.29 is 0 Å². The summed E-state index contributed by atoms with van der Waals surface area (Å²) >= 11 is 0. The summed E-state index contributed by atoms with van der Waals surface area (Å²) in [4.78, 5) is 0. The lowest BCUT2D eigenvalue weighted by molar-refractivity contribution is 0.421. The third kappa shape index (κ3) is 1.53. The van der Waals surface area contributed by atoms with Gasteiger partial charge in [-0.25, -0.2) is 0 Å². The van der Waals surface area contributed by atoms with E-state index in [4.69, 9.17) is 0 Å². The molecule has 0 bridgehead atoms. The third-order valence-corrected chi connectivity index (χ3v) is 4.05. The first-order chi connectivity index (χ1) is 5.79. The van der Waals surface area contributed by atoms with Gasteiger partial charge in [0.05, 0.1) is 0 Å². The Kier molecular flexibility index (Phi) is 2.43. The summed E-state index contributed by atoms with van der Waals surface area (Å²) in [7, 11) is 0. The maximum atomic E-state index is 2.44. The van der Waals surface area contributed by atoms with Crippen LogP contribution < -0.4 is 0 Å². The molecule has 0 aliphatic heterocycles. The minimum absolute atomic E-state index is 1.04. The molecule has 2 fully saturated rings. The van der Waals surface area contributed by atoms with Crippen molar-refractivity contribution in [1.82, 2.24) is 0 Å². The van der Waals surface area contributed by atoms with Gasteiger partial charge in [0.1, 0.15) is 0 Å². The fourth-order valence-corrected chi connectivity index (χ4v) is 3.69. The summed E-state index contributed by atoms with van der Waals surface area (Å²) in [5, 5.41) is 0. The normalized spacial score (nSPS) is 46.5. The predicted octanol–water partition coefficient (Wildman–Crippen LogP) is 3.86. The van der Waals surface area contributed by atoms with Gasteiger partial charge < -0.3 is 0 Å². The van der Waals surface area contributed by atoms with Gasteiger partial charge in [0.2, 0.25) is 0 Å². The Morgan fingerprint density at radius 1 is 1.00 bits per heavy atom. The van der Waals surface area contributed by atoms with E-state index in [0.29, 0.717) is 0 Å². The molecule has 2 aliphatic rings. The van der Waals surface area contributed by atoms with Crippen molar-refractivity contribution in [1.29, 1.82) is 0 Å². The van der Waals surface area contributed by atoms with Crippen LogP contribution in [0.1, 0.15) is 52.4 Å². The molecule has 0 nitrogen and oxygen atoms in total. The molecule has 0 aromatic heterocycles. The quantitative estimate of drug-likeness (QED) is 0.584. The first-order valence-corrected chi connectivity index (χ1v) is 5.79. The second-order valence-corrected chi connectivity index (χ2v) is 5.22. The lowest BCUT2D eigenvalue weighted by Crippen LogP contribution is -1.97. The van der Waals surface area contributed by atoms with Crippen LogP contribution in [0.3, 0.4) is 0 Å². The molecular formula is C12H22. The highest BCUT2D eigenvalue weighted by molar-refractivity contribution is 4.90. The summed E-state index contributed by atoms with van der Waals surface area (Å²) in [5.41, 5.74) is 0. The summed E-state index contributed by atoms with van der Waals surface area (Å²) < 4.78 is 0. The van der Waals surface area contributed by atoms with Gasteiger partial charge in [0, 0.05) is 0 Å². The molecule has 2 saturated carbocycles. The molecule has 0 N–H and O–H groups in total. The average molecular weight is 166 g/mol. The molecule has 0 heterocycles. The van der Waals surface area contributed by atoms with Crippen LogP contribution in [0.2, 0.25) is 0 Å². The number of rotatable bonds is 2. The standard InChI is InChI=1S/C12H22/c1-3-4-10-7-11-5-9(2)6-12(11)8-10/h9-12H,3-8H2,1-2H3. The number of hydrogen-bond donors (Lipinski definition) is 0. The summed E-state index contributed by atoms with van der Waals surface area (Å²) in [6.07, 6.45) is 9.14. The van der Waals surface area contributed by atoms with Crippen LogP contribution in [0.25, 0.3) is 0 Å². The van der Waals surface area contributed by atoms with Crippen molar-refractivity contribution >= 4 is 0 Å². The molecule has 0 spiro atoms. The smallest absolute Gasteiger partial charge is 0.0380 e. The van der Waals surface area contributed by atoms with Crippen molar-refractivity contribution in [2.24, 2.45) is 23.7 Å². The first kappa shape index (κ1) is 8.59. The maximum absolute atomic E-state index is 2.44. The molecule has 0 aromatic carbocycles. The Balaban J connectivity index is 1.85. The monoisotopic (exact) mass is 166 g/mol. The first-order valence-electron chi connectivity index (χ1n) is 5.79. The minimum atomic E-state index is 1.04. The fraction of sp³-hybridized carbons (Fsp3) is 1.00. The van der Waals surface area contributed by atoms with Crippen molar-refractivity contribution in [2.45, 2.75) is 52.4 Å². The molecule has 12 heavy (non-hydrogen) atoms. The van der Waals surface area contributed by atoms with E-state index < -0.39 is 0 Å². The predicted molar refractivity (Wildman–Crippen MR) is 53.0 cm³/mol. The zero-order valence-corrected chi connectivity index (χ0v) is 8.55. The maximum Gasteiger partial charge on any atom is -0.0380 e. The highest BCUT2D eigenvalue weighted by Gasteiger charge is 2.39. The van der Waals surface area contributed by atoms with Crippen LogP contribution >= 0.6 is 0 Å². The lowest BCUT2D eigenvalue weighted by Gasteiger charge is -2.10. The summed E-state index contributed by atoms with van der Waals surface area (Å²) in [6.45, 7) is 4.77. The van der Waals surface area contributed by atoms with Crippen LogP contribution in [0.5, 0.6) is 0 Å². The van der Waals surface area contributed by atoms with Gasteiger partial charge in [0.15, 0.2) is 0 Å². The van der Waals surface area contributed by atoms with E-state index >= 15 is 0 Å². The van der Waals surface area contributed by atoms with E-state index in [0.717, 1.165) is 23.7 Å². The van der Waals surface area contributed by atoms with Crippen molar-refractivity contribution in [2.75, 3.05) is 0 Å². The SMILES string of the molecule is CCCC1CC2CC(C)CC2C1. The van der Waals surface area contributed by atoms with Gasteiger partial charge in [-0.15, -0.1) is 0 Å². The Morgan fingerprint density at radius 2 is 1.58 bits per heavy atom. The molecule has 0 radical (unpaired) electrons. The topological polar surface area (TPSA) is 0 Å². The zero-order valence-electron chi connectivity index (χ0n) is 8.55. The minimum Gasteiger partial charge on any atom is -0.0654 e. The van der Waals surface area contributed by atoms with Gasteiger partial charge in [-0.2, -0.15) is 0 Å². The Hall–Kier alpha value is 0. The second-order valence-electron chi connectivity index (χ2n) is 5.22. The molecule has 2 unspecified atom stereocenters. The van der Waals surface area contributed by atoms with Crippen LogP contribution in [0.15, 0.2) is 0 Å². The molecular weight excluding hydrogens is 144 g/mol. The van der Waals surface area contributed by atoms with Gasteiger partial charge in [0.25, 0.3) is 0 Å². The zero-order chi connectivity index (χ0) is 8.55. The van der Waals surface area contributed by atoms with Gasteiger partial charge in [-0.3, -0.25) is 0 Å². The van der Waals surface area contributed by atoms with E-state index in [9.17, 15) is 0 Å². The van der Waals surface area contributed by atoms with Gasteiger partial charge >= 0.3 is 0 Å². The fourth-order valence-electron chi connectivity index (χ4n) is 3.69. The van der Waals surface area contributed by atoms with Crippen molar-refractivity contribution in [3.63, 3.8) is 0 Å². The molecule has 2 rings (SSSR count). The second kappa shape index (κ2) is 3.40. The highest BCUT2D eigenvalue weighted by atomic mass is 14.4. The van der Waals surface area contributed by atoms with E-state index in [1.165, 1.54) is 12.8 Å². The number of hydrogen-bond acceptors (Lipinski definition) is 0. The third-order valence-electron chi connectivity index (χ3n) is 4.05. The van der Waals surface area contributed by atoms with Crippen LogP contribution in [0, 0.1) is 23.7 Å².